The fraction of sp³-hybridized carbons (Fsp3) is 0.0909. The van der Waals surface area contributed by atoms with Gasteiger partial charge in [0.2, 0.25) is 0 Å². The number of carbonyl (C=O) groups is 1. The first-order chi connectivity index (χ1) is 8.45. The molecule has 94 valence electrons. The summed E-state index contributed by atoms with van der Waals surface area (Å²) in [6.45, 7) is 0. The van der Waals surface area contributed by atoms with Crippen LogP contribution in [0.5, 0.6) is 5.75 Å². The van der Waals surface area contributed by atoms with Crippen LogP contribution in [0.2, 0.25) is 0 Å². The van der Waals surface area contributed by atoms with Gasteiger partial charge >= 0.3 is 5.97 Å². The van der Waals surface area contributed by atoms with Crippen LogP contribution in [0.4, 0.5) is 4.39 Å². The Hall–Kier alpha value is -1.89. The van der Waals surface area contributed by atoms with Crippen LogP contribution in [-0.2, 0) is 0 Å². The molecule has 0 fully saturated rings. The molecule has 2 N–H and O–H groups in total. The van der Waals surface area contributed by atoms with Crippen LogP contribution in [0.25, 0.3) is 10.9 Å². The summed E-state index contributed by atoms with van der Waals surface area (Å²) in [6.07, 6.45) is 0. The molecule has 0 saturated heterocycles. The van der Waals surface area contributed by atoms with Crippen LogP contribution in [0.1, 0.15) is 10.4 Å². The monoisotopic (exact) mass is 315 g/mol. The number of rotatable bonds is 2. The number of aromatic carboxylic acids is 1. The lowest BCUT2D eigenvalue weighted by Crippen LogP contribution is -2.17. The van der Waals surface area contributed by atoms with Crippen molar-refractivity contribution in [2.45, 2.75) is 0 Å². The second-order valence-corrected chi connectivity index (χ2v) is 4.28. The van der Waals surface area contributed by atoms with E-state index in [0.29, 0.717) is 0 Å². The van der Waals surface area contributed by atoms with Gasteiger partial charge in [0.15, 0.2) is 5.75 Å². The first-order valence-corrected chi connectivity index (χ1v) is 5.57. The molecule has 0 aliphatic heterocycles. The molecular formula is C11H7BrFNO4. The van der Waals surface area contributed by atoms with Crippen LogP contribution in [-0.4, -0.2) is 23.2 Å². The van der Waals surface area contributed by atoms with Gasteiger partial charge in [0.05, 0.1) is 17.1 Å². The van der Waals surface area contributed by atoms with Crippen LogP contribution >= 0.6 is 15.9 Å². The number of hydrogen-bond donors (Lipinski definition) is 2. The number of aromatic nitrogens is 1. The summed E-state index contributed by atoms with van der Waals surface area (Å²) < 4.78 is 18.6. The zero-order chi connectivity index (χ0) is 13.4. The van der Waals surface area contributed by atoms with E-state index >= 15 is 0 Å². The van der Waals surface area contributed by atoms with E-state index in [9.17, 15) is 14.0 Å². The van der Waals surface area contributed by atoms with Gasteiger partial charge in [-0.15, -0.1) is 0 Å². The predicted molar refractivity (Wildman–Crippen MR) is 65.7 cm³/mol. The van der Waals surface area contributed by atoms with Gasteiger partial charge in [-0.25, -0.2) is 9.18 Å². The van der Waals surface area contributed by atoms with E-state index in [4.69, 9.17) is 9.84 Å². The molecule has 0 aliphatic rings. The van der Waals surface area contributed by atoms with Crippen molar-refractivity contribution in [3.8, 4) is 5.75 Å². The Morgan fingerprint density at radius 2 is 2.17 bits per heavy atom. The number of H-pyrrole nitrogens is 1. The number of nitrogens with one attached hydrogen (secondary N) is 1. The molecule has 0 spiro atoms. The van der Waals surface area contributed by atoms with E-state index in [1.807, 2.05) is 0 Å². The zero-order valence-corrected chi connectivity index (χ0v) is 10.7. The molecule has 18 heavy (non-hydrogen) atoms. The summed E-state index contributed by atoms with van der Waals surface area (Å²) in [6, 6.07) is 2.22. The van der Waals surface area contributed by atoms with Crippen molar-refractivity contribution in [1.29, 1.82) is 0 Å². The maximum absolute atomic E-state index is 13.6. The standard InChI is InChI=1S/C11H7BrFNO4/c1-18-9-7(12)6(13)3-4-2-5(11(16)17)10(15)14-8(4)9/h2-3H,1H3,(H,14,15)(H,16,17). The predicted octanol–water partition coefficient (Wildman–Crippen LogP) is 2.14. The van der Waals surface area contributed by atoms with Crippen molar-refractivity contribution in [3.05, 3.63) is 38.3 Å². The Morgan fingerprint density at radius 1 is 1.50 bits per heavy atom. The third kappa shape index (κ3) is 1.86. The minimum atomic E-state index is -1.37. The highest BCUT2D eigenvalue weighted by molar-refractivity contribution is 9.10. The Labute approximate surface area is 108 Å². The van der Waals surface area contributed by atoms with Crippen molar-refractivity contribution in [1.82, 2.24) is 4.98 Å². The van der Waals surface area contributed by atoms with Crippen LogP contribution in [0.3, 0.4) is 0 Å². The van der Waals surface area contributed by atoms with Gasteiger partial charge in [-0.05, 0) is 28.1 Å². The number of benzene rings is 1. The lowest BCUT2D eigenvalue weighted by atomic mass is 10.1. The quantitative estimate of drug-likeness (QED) is 0.889. The van der Waals surface area contributed by atoms with Crippen LogP contribution in [0, 0.1) is 5.82 Å². The van der Waals surface area contributed by atoms with Crippen molar-refractivity contribution in [2.75, 3.05) is 7.11 Å². The molecule has 1 aromatic heterocycles. The minimum absolute atomic E-state index is 0.0659. The Kier molecular flexibility index (Phi) is 3.08. The molecule has 2 rings (SSSR count). The van der Waals surface area contributed by atoms with Crippen molar-refractivity contribution in [2.24, 2.45) is 0 Å². The highest BCUT2D eigenvalue weighted by Crippen LogP contribution is 2.34. The molecule has 0 radical (unpaired) electrons. The van der Waals surface area contributed by atoms with Gasteiger partial charge in [0.1, 0.15) is 11.4 Å². The van der Waals surface area contributed by atoms with Gasteiger partial charge in [-0.1, -0.05) is 0 Å². The van der Waals surface area contributed by atoms with Crippen molar-refractivity contribution < 1.29 is 19.0 Å². The molecule has 7 heteroatoms. The molecule has 0 bridgehead atoms. The summed E-state index contributed by atoms with van der Waals surface area (Å²) in [7, 11) is 1.32. The Bertz CT molecular complexity index is 710. The molecule has 0 amide bonds. The van der Waals surface area contributed by atoms with Crippen molar-refractivity contribution in [3.63, 3.8) is 0 Å². The third-order valence-corrected chi connectivity index (χ3v) is 3.16. The highest BCUT2D eigenvalue weighted by atomic mass is 79.9. The number of fused-ring (bicyclic) bond motifs is 1. The van der Waals surface area contributed by atoms with Gasteiger partial charge in [0, 0.05) is 5.39 Å². The van der Waals surface area contributed by atoms with Gasteiger partial charge in [-0.2, -0.15) is 0 Å². The van der Waals surface area contributed by atoms with E-state index in [2.05, 4.69) is 20.9 Å². The van der Waals surface area contributed by atoms with E-state index < -0.39 is 22.9 Å². The molecule has 0 atom stereocenters. The number of methoxy groups -OCH3 is 1. The average Bonchev–Trinajstić information content (AvgIpc) is 2.31. The lowest BCUT2D eigenvalue weighted by molar-refractivity contribution is 0.0695. The maximum Gasteiger partial charge on any atom is 0.341 e. The summed E-state index contributed by atoms with van der Waals surface area (Å²) in [5.41, 5.74) is -0.987. The number of carboxylic acids is 1. The second kappa shape index (κ2) is 4.41. The molecular weight excluding hydrogens is 309 g/mol. The molecule has 0 unspecified atom stereocenters. The van der Waals surface area contributed by atoms with Gasteiger partial charge in [-0.3, -0.25) is 4.79 Å². The van der Waals surface area contributed by atoms with E-state index in [0.717, 1.165) is 12.1 Å². The number of hydrogen-bond acceptors (Lipinski definition) is 3. The average molecular weight is 316 g/mol. The lowest BCUT2D eigenvalue weighted by Gasteiger charge is -2.09. The fourth-order valence-corrected chi connectivity index (χ4v) is 2.09. The third-order valence-electron chi connectivity index (χ3n) is 2.42. The summed E-state index contributed by atoms with van der Waals surface area (Å²) in [5.74, 6) is -1.87. The summed E-state index contributed by atoms with van der Waals surface area (Å²) in [5, 5.41) is 9.06. The topological polar surface area (TPSA) is 79.4 Å². The molecule has 0 aliphatic carbocycles. The fourth-order valence-electron chi connectivity index (χ4n) is 1.62. The number of carboxylic acid groups (broad SMARTS) is 1. The molecule has 2 aromatic rings. The smallest absolute Gasteiger partial charge is 0.341 e. The highest BCUT2D eigenvalue weighted by Gasteiger charge is 2.16. The normalized spacial score (nSPS) is 10.6. The molecule has 1 heterocycles. The molecule has 1 aromatic carbocycles. The van der Waals surface area contributed by atoms with Crippen LogP contribution < -0.4 is 10.3 Å². The summed E-state index contributed by atoms with van der Waals surface area (Å²) in [4.78, 5) is 24.7. The summed E-state index contributed by atoms with van der Waals surface area (Å²) >= 11 is 3.00. The second-order valence-electron chi connectivity index (χ2n) is 3.49. The van der Waals surface area contributed by atoms with E-state index in [-0.39, 0.29) is 21.1 Å². The first kappa shape index (κ1) is 12.6. The minimum Gasteiger partial charge on any atom is -0.493 e. The number of aromatic amines is 1. The van der Waals surface area contributed by atoms with Gasteiger partial charge in [0.25, 0.3) is 5.56 Å². The first-order valence-electron chi connectivity index (χ1n) is 4.78. The number of halogens is 2. The van der Waals surface area contributed by atoms with Gasteiger partial charge < -0.3 is 14.8 Å². The number of pyridine rings is 1. The van der Waals surface area contributed by atoms with Crippen LogP contribution in [0.15, 0.2) is 21.4 Å². The Balaban J connectivity index is 2.93. The van der Waals surface area contributed by atoms with Crippen molar-refractivity contribution >= 4 is 32.8 Å². The zero-order valence-electron chi connectivity index (χ0n) is 9.08. The number of ether oxygens (including phenoxy) is 1. The largest absolute Gasteiger partial charge is 0.493 e. The molecule has 5 nitrogen and oxygen atoms in total. The molecule has 0 saturated carbocycles. The Morgan fingerprint density at radius 3 is 2.72 bits per heavy atom. The van der Waals surface area contributed by atoms with E-state index in [1.54, 1.807) is 0 Å². The van der Waals surface area contributed by atoms with E-state index in [1.165, 1.54) is 7.11 Å². The SMILES string of the molecule is COc1c(Br)c(F)cc2cc(C(=O)O)c(=O)[nH]c12. The maximum atomic E-state index is 13.6.